The zero-order valence-electron chi connectivity index (χ0n) is 23.2. The first-order valence-electron chi connectivity index (χ1n) is 13.2. The Morgan fingerprint density at radius 3 is 2.39 bits per heavy atom. The Bertz CT molecular complexity index is 1560. The van der Waals surface area contributed by atoms with Crippen molar-refractivity contribution in [2.24, 2.45) is 0 Å². The molecule has 0 spiro atoms. The van der Waals surface area contributed by atoms with E-state index in [1.165, 1.54) is 25.3 Å². The van der Waals surface area contributed by atoms with Crippen LogP contribution in [0.5, 0.6) is 5.75 Å². The third-order valence-corrected chi connectivity index (χ3v) is 8.41. The summed E-state index contributed by atoms with van der Waals surface area (Å²) in [5, 5.41) is 5.68. The van der Waals surface area contributed by atoms with Crippen LogP contribution in [0.15, 0.2) is 65.6 Å². The molecule has 0 bridgehead atoms. The summed E-state index contributed by atoms with van der Waals surface area (Å²) >= 11 is 0. The van der Waals surface area contributed by atoms with Gasteiger partial charge < -0.3 is 14.8 Å². The molecule has 1 saturated carbocycles. The summed E-state index contributed by atoms with van der Waals surface area (Å²) in [7, 11) is -1.01. The monoisotopic (exact) mass is 579 g/mol. The molecule has 0 aromatic heterocycles. The average molecular weight is 580 g/mol. The van der Waals surface area contributed by atoms with Crippen LogP contribution in [0, 0.1) is 6.92 Å². The van der Waals surface area contributed by atoms with Gasteiger partial charge in [0, 0.05) is 41.5 Å². The molecule has 216 valence electrons. The van der Waals surface area contributed by atoms with Crippen LogP contribution in [0.4, 0.5) is 16.2 Å². The summed E-state index contributed by atoms with van der Waals surface area (Å²) in [6, 6.07) is 15.7. The van der Waals surface area contributed by atoms with Gasteiger partial charge in [-0.3, -0.25) is 14.9 Å². The van der Waals surface area contributed by atoms with Crippen LogP contribution in [0.2, 0.25) is 0 Å². The van der Waals surface area contributed by atoms with E-state index in [1.807, 2.05) is 0 Å². The zero-order valence-corrected chi connectivity index (χ0v) is 24.0. The van der Waals surface area contributed by atoms with E-state index in [4.69, 9.17) is 9.47 Å². The van der Waals surface area contributed by atoms with E-state index in [9.17, 15) is 22.8 Å². The highest BCUT2D eigenvalue weighted by molar-refractivity contribution is 7.90. The number of hydrogen-bond donors (Lipinski definition) is 3. The molecule has 3 N–H and O–H groups in total. The number of Topliss-reactive ketones (excluding diaryl/α,β-unsaturated/α-hetero) is 1. The van der Waals surface area contributed by atoms with E-state index in [0.29, 0.717) is 28.1 Å². The number of carbonyl (C=O) groups is 3. The van der Waals surface area contributed by atoms with E-state index in [0.717, 1.165) is 25.7 Å². The predicted molar refractivity (Wildman–Crippen MR) is 155 cm³/mol. The molecule has 41 heavy (non-hydrogen) atoms. The SMILES string of the molecule is CNc1ccc(NC(=O)OC2CCCC2)cc1C(=O)Cc1ccc(C(=O)NS(=O)(=O)c2ccccc2C)cc1OC. The Morgan fingerprint density at radius 2 is 1.71 bits per heavy atom. The van der Waals surface area contributed by atoms with Gasteiger partial charge in [0.15, 0.2) is 5.78 Å². The third kappa shape index (κ3) is 7.23. The Kier molecular flexibility index (Phi) is 9.28. The van der Waals surface area contributed by atoms with Crippen molar-refractivity contribution in [3.05, 3.63) is 82.9 Å². The van der Waals surface area contributed by atoms with Crippen LogP contribution in [0.3, 0.4) is 0 Å². The van der Waals surface area contributed by atoms with E-state index in [-0.39, 0.29) is 34.5 Å². The second kappa shape index (κ2) is 12.9. The first kappa shape index (κ1) is 29.6. The largest absolute Gasteiger partial charge is 0.496 e. The van der Waals surface area contributed by atoms with Crippen LogP contribution in [0.1, 0.15) is 57.5 Å². The first-order valence-corrected chi connectivity index (χ1v) is 14.7. The van der Waals surface area contributed by atoms with Crippen molar-refractivity contribution in [3.8, 4) is 5.75 Å². The molecule has 3 aromatic carbocycles. The van der Waals surface area contributed by atoms with Gasteiger partial charge in [-0.2, -0.15) is 0 Å². The van der Waals surface area contributed by atoms with Crippen molar-refractivity contribution in [2.45, 2.75) is 50.0 Å². The van der Waals surface area contributed by atoms with Gasteiger partial charge >= 0.3 is 6.09 Å². The molecule has 11 heteroatoms. The quantitative estimate of drug-likeness (QED) is 0.283. The number of anilines is 2. The maximum Gasteiger partial charge on any atom is 0.411 e. The molecule has 0 saturated heterocycles. The number of rotatable bonds is 10. The predicted octanol–water partition coefficient (Wildman–Crippen LogP) is 5.08. The molecular formula is C30H33N3O7S. The molecule has 0 heterocycles. The highest BCUT2D eigenvalue weighted by Crippen LogP contribution is 2.27. The molecule has 4 rings (SSSR count). The fraction of sp³-hybridized carbons (Fsp3) is 0.300. The van der Waals surface area contributed by atoms with Crippen molar-refractivity contribution in [3.63, 3.8) is 0 Å². The molecule has 1 aliphatic carbocycles. The van der Waals surface area contributed by atoms with Crippen LogP contribution < -0.4 is 20.1 Å². The number of hydrogen-bond acceptors (Lipinski definition) is 8. The van der Waals surface area contributed by atoms with Gasteiger partial charge in [-0.05, 0) is 74.6 Å². The van der Waals surface area contributed by atoms with E-state index in [1.54, 1.807) is 56.4 Å². The Hall–Kier alpha value is -4.38. The molecule has 10 nitrogen and oxygen atoms in total. The summed E-state index contributed by atoms with van der Waals surface area (Å²) in [5.41, 5.74) is 2.39. The number of methoxy groups -OCH3 is 1. The highest BCUT2D eigenvalue weighted by atomic mass is 32.2. The second-order valence-corrected chi connectivity index (χ2v) is 11.4. The van der Waals surface area contributed by atoms with Crippen LogP contribution in [-0.4, -0.2) is 46.5 Å². The fourth-order valence-corrected chi connectivity index (χ4v) is 5.99. The Morgan fingerprint density at radius 1 is 0.976 bits per heavy atom. The minimum absolute atomic E-state index is 0.00592. The van der Waals surface area contributed by atoms with Crippen molar-refractivity contribution in [2.75, 3.05) is 24.8 Å². The standard InChI is InChI=1S/C30H33N3O7S/c1-19-8-4-7-11-28(19)41(37,38)33-29(35)21-13-12-20(27(17-21)39-3)16-26(34)24-18-22(14-15-25(24)31-2)32-30(36)40-23-9-5-6-10-23/h4,7-8,11-15,17-18,23,31H,5-6,9-10,16H2,1-3H3,(H,32,36)(H,33,35). The Labute approximate surface area is 239 Å². The minimum Gasteiger partial charge on any atom is -0.496 e. The lowest BCUT2D eigenvalue weighted by molar-refractivity contribution is 0.0978. The Balaban J connectivity index is 1.49. The van der Waals surface area contributed by atoms with Crippen LogP contribution in [-0.2, 0) is 21.2 Å². The van der Waals surface area contributed by atoms with Gasteiger partial charge in [-0.15, -0.1) is 0 Å². The number of amides is 2. The molecule has 0 unspecified atom stereocenters. The molecule has 2 amide bonds. The van der Waals surface area contributed by atoms with Gasteiger partial charge in [-0.1, -0.05) is 24.3 Å². The molecule has 0 atom stereocenters. The molecule has 1 fully saturated rings. The third-order valence-electron chi connectivity index (χ3n) is 6.92. The smallest absolute Gasteiger partial charge is 0.411 e. The van der Waals surface area contributed by atoms with Gasteiger partial charge in [0.25, 0.3) is 15.9 Å². The average Bonchev–Trinajstić information content (AvgIpc) is 3.45. The summed E-state index contributed by atoms with van der Waals surface area (Å²) < 4.78 is 38.5. The van der Waals surface area contributed by atoms with Crippen molar-refractivity contribution < 1.29 is 32.3 Å². The zero-order chi connectivity index (χ0) is 29.6. The van der Waals surface area contributed by atoms with E-state index >= 15 is 0 Å². The lowest BCUT2D eigenvalue weighted by Gasteiger charge is -2.15. The van der Waals surface area contributed by atoms with E-state index in [2.05, 4.69) is 15.4 Å². The van der Waals surface area contributed by atoms with Crippen molar-refractivity contribution in [1.82, 2.24) is 4.72 Å². The lowest BCUT2D eigenvalue weighted by Crippen LogP contribution is -2.31. The van der Waals surface area contributed by atoms with Gasteiger partial charge in [0.1, 0.15) is 11.9 Å². The topological polar surface area (TPSA) is 140 Å². The molecule has 1 aliphatic rings. The maximum atomic E-state index is 13.4. The summed E-state index contributed by atoms with van der Waals surface area (Å²) in [6.45, 7) is 1.64. The maximum absolute atomic E-state index is 13.4. The second-order valence-electron chi connectivity index (χ2n) is 9.77. The normalized spacial score (nSPS) is 13.3. The van der Waals surface area contributed by atoms with Crippen molar-refractivity contribution in [1.29, 1.82) is 0 Å². The van der Waals surface area contributed by atoms with Crippen molar-refractivity contribution >= 4 is 39.2 Å². The molecule has 3 aromatic rings. The lowest BCUT2D eigenvalue weighted by atomic mass is 9.99. The van der Waals surface area contributed by atoms with Gasteiger partial charge in [0.2, 0.25) is 0 Å². The number of aryl methyl sites for hydroxylation is 1. The van der Waals surface area contributed by atoms with Crippen LogP contribution in [0.25, 0.3) is 0 Å². The summed E-state index contributed by atoms with van der Waals surface area (Å²) in [4.78, 5) is 38.5. The minimum atomic E-state index is -4.09. The van der Waals surface area contributed by atoms with Gasteiger partial charge in [-0.25, -0.2) is 17.9 Å². The number of nitrogens with one attached hydrogen (secondary N) is 3. The highest BCUT2D eigenvalue weighted by Gasteiger charge is 2.23. The molecular weight excluding hydrogens is 546 g/mol. The fourth-order valence-electron chi connectivity index (χ4n) is 4.77. The summed E-state index contributed by atoms with van der Waals surface area (Å²) in [6.07, 6.45) is 3.04. The van der Waals surface area contributed by atoms with E-state index < -0.39 is 22.0 Å². The molecule has 0 aliphatic heterocycles. The van der Waals surface area contributed by atoms with Crippen LogP contribution >= 0.6 is 0 Å². The molecule has 0 radical (unpaired) electrons. The number of benzene rings is 3. The summed E-state index contributed by atoms with van der Waals surface area (Å²) in [5.74, 6) is -0.843. The number of ether oxygens (including phenoxy) is 2. The number of ketones is 1. The number of sulfonamides is 1. The van der Waals surface area contributed by atoms with Gasteiger partial charge in [0.05, 0.1) is 12.0 Å². The first-order chi connectivity index (χ1) is 19.6. The number of carbonyl (C=O) groups excluding carboxylic acids is 3.